The van der Waals surface area contributed by atoms with Crippen LogP contribution < -0.4 is 10.2 Å². The molecule has 1 saturated heterocycles. The number of anilines is 1. The Balaban J connectivity index is 1.97. The van der Waals surface area contributed by atoms with E-state index in [1.807, 2.05) is 4.90 Å². The molecule has 2 rings (SSSR count). The molecule has 0 atom stereocenters. The van der Waals surface area contributed by atoms with Gasteiger partial charge in [0.05, 0.1) is 0 Å². The van der Waals surface area contributed by atoms with Crippen molar-refractivity contribution in [2.75, 3.05) is 24.5 Å². The summed E-state index contributed by atoms with van der Waals surface area (Å²) < 4.78 is 37.9. The Kier molecular flexibility index (Phi) is 4.80. The first kappa shape index (κ1) is 15.0. The maximum atomic E-state index is 12.6. The third kappa shape index (κ3) is 3.82. The van der Waals surface area contributed by atoms with E-state index in [4.69, 9.17) is 0 Å². The lowest BCUT2D eigenvalue weighted by atomic mass is 10.1. The van der Waals surface area contributed by atoms with Crippen LogP contribution in [0.2, 0.25) is 0 Å². The lowest BCUT2D eigenvalue weighted by Gasteiger charge is -2.32. The fraction of sp³-hybridized carbons (Fsp3) is 0.692. The SMILES string of the molecule is CCCNC1CCN(c2nccc(C(F)(F)F)n2)CC1. The molecule has 1 aliphatic rings. The van der Waals surface area contributed by atoms with Crippen LogP contribution in [-0.2, 0) is 6.18 Å². The Morgan fingerprint density at radius 2 is 2.05 bits per heavy atom. The molecule has 2 heterocycles. The summed E-state index contributed by atoms with van der Waals surface area (Å²) in [5.41, 5.74) is -0.881. The molecule has 4 nitrogen and oxygen atoms in total. The van der Waals surface area contributed by atoms with Gasteiger partial charge in [0.25, 0.3) is 0 Å². The zero-order valence-electron chi connectivity index (χ0n) is 11.5. The predicted molar refractivity (Wildman–Crippen MR) is 70.6 cm³/mol. The second kappa shape index (κ2) is 6.39. The number of nitrogens with one attached hydrogen (secondary N) is 1. The Bertz CT molecular complexity index is 428. The summed E-state index contributed by atoms with van der Waals surface area (Å²) in [6.45, 7) is 4.45. The minimum absolute atomic E-state index is 0.175. The zero-order chi connectivity index (χ0) is 14.6. The van der Waals surface area contributed by atoms with Gasteiger partial charge >= 0.3 is 6.18 Å². The van der Waals surface area contributed by atoms with E-state index in [1.165, 1.54) is 6.20 Å². The summed E-state index contributed by atoms with van der Waals surface area (Å²) in [5.74, 6) is 0.175. The van der Waals surface area contributed by atoms with Gasteiger partial charge in [-0.1, -0.05) is 6.92 Å². The van der Waals surface area contributed by atoms with Gasteiger partial charge in [-0.25, -0.2) is 9.97 Å². The van der Waals surface area contributed by atoms with E-state index in [0.717, 1.165) is 31.9 Å². The number of rotatable bonds is 4. The van der Waals surface area contributed by atoms with E-state index in [9.17, 15) is 13.2 Å². The average Bonchev–Trinajstić information content (AvgIpc) is 2.45. The normalized spacial score (nSPS) is 17.5. The number of hydrogen-bond acceptors (Lipinski definition) is 4. The fourth-order valence-corrected chi connectivity index (χ4v) is 2.29. The van der Waals surface area contributed by atoms with Gasteiger partial charge in [-0.3, -0.25) is 0 Å². The third-order valence-corrected chi connectivity index (χ3v) is 3.39. The maximum absolute atomic E-state index is 12.6. The van der Waals surface area contributed by atoms with Crippen molar-refractivity contribution >= 4 is 5.95 Å². The highest BCUT2D eigenvalue weighted by Gasteiger charge is 2.33. The highest BCUT2D eigenvalue weighted by atomic mass is 19.4. The minimum Gasteiger partial charge on any atom is -0.341 e. The van der Waals surface area contributed by atoms with Crippen molar-refractivity contribution in [1.29, 1.82) is 0 Å². The van der Waals surface area contributed by atoms with E-state index < -0.39 is 11.9 Å². The highest BCUT2D eigenvalue weighted by molar-refractivity contribution is 5.31. The topological polar surface area (TPSA) is 41.0 Å². The van der Waals surface area contributed by atoms with Gasteiger partial charge in [0, 0.05) is 25.3 Å². The van der Waals surface area contributed by atoms with Crippen molar-refractivity contribution in [2.24, 2.45) is 0 Å². The van der Waals surface area contributed by atoms with Gasteiger partial charge < -0.3 is 10.2 Å². The van der Waals surface area contributed by atoms with Crippen molar-refractivity contribution in [3.8, 4) is 0 Å². The van der Waals surface area contributed by atoms with Crippen molar-refractivity contribution in [3.05, 3.63) is 18.0 Å². The molecule has 0 bridgehead atoms. The Hall–Kier alpha value is -1.37. The van der Waals surface area contributed by atoms with Crippen LogP contribution in [0.15, 0.2) is 12.3 Å². The van der Waals surface area contributed by atoms with E-state index >= 15 is 0 Å². The predicted octanol–water partition coefficient (Wildman–Crippen LogP) is 2.46. The summed E-state index contributed by atoms with van der Waals surface area (Å²) >= 11 is 0. The smallest absolute Gasteiger partial charge is 0.341 e. The van der Waals surface area contributed by atoms with Crippen molar-refractivity contribution in [2.45, 2.75) is 38.4 Å². The van der Waals surface area contributed by atoms with Crippen LogP contribution in [0.25, 0.3) is 0 Å². The number of piperidine rings is 1. The first-order valence-electron chi connectivity index (χ1n) is 6.89. The van der Waals surface area contributed by atoms with Crippen molar-refractivity contribution < 1.29 is 13.2 Å². The summed E-state index contributed by atoms with van der Waals surface area (Å²) in [4.78, 5) is 9.40. The molecule has 20 heavy (non-hydrogen) atoms. The molecule has 112 valence electrons. The molecule has 0 saturated carbocycles. The molecule has 0 amide bonds. The molecule has 0 unspecified atom stereocenters. The van der Waals surface area contributed by atoms with Gasteiger partial charge in [-0.2, -0.15) is 13.2 Å². The average molecular weight is 288 g/mol. The lowest BCUT2D eigenvalue weighted by Crippen LogP contribution is -2.43. The number of hydrogen-bond donors (Lipinski definition) is 1. The standard InChI is InChI=1S/C13H19F3N4/c1-2-6-17-10-4-8-20(9-5-10)12-18-7-3-11(19-12)13(14,15)16/h3,7,10,17H,2,4-6,8-9H2,1H3. The molecule has 0 radical (unpaired) electrons. The Labute approximate surface area is 116 Å². The summed E-state index contributed by atoms with van der Waals surface area (Å²) in [6.07, 6.45) is -0.360. The molecular weight excluding hydrogens is 269 g/mol. The van der Waals surface area contributed by atoms with Crippen LogP contribution in [0, 0.1) is 0 Å². The maximum Gasteiger partial charge on any atom is 0.433 e. The van der Waals surface area contributed by atoms with Crippen LogP contribution in [0.1, 0.15) is 31.9 Å². The molecule has 0 spiro atoms. The lowest BCUT2D eigenvalue weighted by molar-refractivity contribution is -0.141. The molecule has 1 aromatic heterocycles. The molecule has 1 fully saturated rings. The van der Waals surface area contributed by atoms with E-state index in [2.05, 4.69) is 22.2 Å². The largest absolute Gasteiger partial charge is 0.433 e. The minimum atomic E-state index is -4.42. The monoisotopic (exact) mass is 288 g/mol. The van der Waals surface area contributed by atoms with Gasteiger partial charge in [0.2, 0.25) is 5.95 Å². The van der Waals surface area contributed by atoms with Crippen LogP contribution in [-0.4, -0.2) is 35.6 Å². The number of nitrogens with zero attached hydrogens (tertiary/aromatic N) is 3. The second-order valence-electron chi connectivity index (χ2n) is 4.96. The quantitative estimate of drug-likeness (QED) is 0.924. The molecule has 7 heteroatoms. The van der Waals surface area contributed by atoms with Gasteiger partial charge in [0.1, 0.15) is 5.69 Å². The van der Waals surface area contributed by atoms with Crippen LogP contribution in [0.5, 0.6) is 0 Å². The number of halogens is 3. The second-order valence-corrected chi connectivity index (χ2v) is 4.96. The summed E-state index contributed by atoms with van der Waals surface area (Å²) in [6, 6.07) is 1.34. The first-order valence-corrected chi connectivity index (χ1v) is 6.89. The number of aromatic nitrogens is 2. The molecular formula is C13H19F3N4. The summed E-state index contributed by atoms with van der Waals surface area (Å²) in [5, 5.41) is 3.43. The molecule has 0 aromatic carbocycles. The highest BCUT2D eigenvalue weighted by Crippen LogP contribution is 2.28. The number of alkyl halides is 3. The fourth-order valence-electron chi connectivity index (χ4n) is 2.29. The van der Waals surface area contributed by atoms with Gasteiger partial charge in [0.15, 0.2) is 0 Å². The molecule has 1 N–H and O–H groups in total. The molecule has 1 aliphatic heterocycles. The van der Waals surface area contributed by atoms with E-state index in [1.54, 1.807) is 0 Å². The zero-order valence-corrected chi connectivity index (χ0v) is 11.5. The van der Waals surface area contributed by atoms with Crippen LogP contribution >= 0.6 is 0 Å². The Morgan fingerprint density at radius 3 is 2.65 bits per heavy atom. The van der Waals surface area contributed by atoms with Crippen molar-refractivity contribution in [1.82, 2.24) is 15.3 Å². The van der Waals surface area contributed by atoms with E-state index in [-0.39, 0.29) is 5.95 Å². The van der Waals surface area contributed by atoms with Gasteiger partial charge in [-0.15, -0.1) is 0 Å². The first-order chi connectivity index (χ1) is 9.50. The molecule has 0 aliphatic carbocycles. The van der Waals surface area contributed by atoms with Crippen LogP contribution in [0.4, 0.5) is 19.1 Å². The van der Waals surface area contributed by atoms with Crippen LogP contribution in [0.3, 0.4) is 0 Å². The van der Waals surface area contributed by atoms with Gasteiger partial charge in [-0.05, 0) is 31.9 Å². The summed E-state index contributed by atoms with van der Waals surface area (Å²) in [7, 11) is 0. The van der Waals surface area contributed by atoms with E-state index in [0.29, 0.717) is 19.1 Å². The molecule has 1 aromatic rings. The third-order valence-electron chi connectivity index (χ3n) is 3.39. The Morgan fingerprint density at radius 1 is 1.35 bits per heavy atom. The van der Waals surface area contributed by atoms with Crippen molar-refractivity contribution in [3.63, 3.8) is 0 Å².